The molecule has 100 valence electrons. The molecule has 1 atom stereocenters. The van der Waals surface area contributed by atoms with E-state index in [1.165, 1.54) is 6.07 Å². The molecule has 0 radical (unpaired) electrons. The zero-order valence-corrected chi connectivity index (χ0v) is 11.8. The molecule has 2 nitrogen and oxygen atoms in total. The molecule has 1 heterocycles. The van der Waals surface area contributed by atoms with E-state index in [-0.39, 0.29) is 11.9 Å². The van der Waals surface area contributed by atoms with E-state index in [2.05, 4.69) is 10.3 Å². The Morgan fingerprint density at radius 3 is 2.47 bits per heavy atom. The summed E-state index contributed by atoms with van der Waals surface area (Å²) in [6.45, 7) is 0. The van der Waals surface area contributed by atoms with Gasteiger partial charge in [-0.05, 0) is 43.3 Å². The van der Waals surface area contributed by atoms with Crippen LogP contribution in [0.15, 0.2) is 36.5 Å². The molecule has 0 saturated carbocycles. The number of halogens is 3. The summed E-state index contributed by atoms with van der Waals surface area (Å²) in [5.41, 5.74) is 1.15. The fraction of sp³-hybridized carbons (Fsp3) is 0.214. The number of hydrogen-bond donors (Lipinski definition) is 1. The second-order valence-electron chi connectivity index (χ2n) is 4.12. The van der Waals surface area contributed by atoms with Crippen molar-refractivity contribution in [1.29, 1.82) is 0 Å². The molecular weight excluding hydrogens is 286 g/mol. The molecule has 2 aromatic rings. The molecule has 19 heavy (non-hydrogen) atoms. The first-order chi connectivity index (χ1) is 9.13. The monoisotopic (exact) mass is 298 g/mol. The number of hydrogen-bond acceptors (Lipinski definition) is 2. The van der Waals surface area contributed by atoms with Crippen molar-refractivity contribution in [2.75, 3.05) is 7.05 Å². The molecule has 1 aromatic carbocycles. The van der Waals surface area contributed by atoms with Crippen molar-refractivity contribution >= 4 is 23.2 Å². The summed E-state index contributed by atoms with van der Waals surface area (Å²) in [6, 6.07) is 7.99. The second kappa shape index (κ2) is 6.33. The molecule has 0 amide bonds. The fourth-order valence-electron chi connectivity index (χ4n) is 1.92. The van der Waals surface area contributed by atoms with Crippen LogP contribution in [0.1, 0.15) is 17.3 Å². The highest BCUT2D eigenvalue weighted by atomic mass is 35.5. The van der Waals surface area contributed by atoms with Gasteiger partial charge in [-0.15, -0.1) is 0 Å². The molecule has 1 unspecified atom stereocenters. The lowest BCUT2D eigenvalue weighted by Crippen LogP contribution is -2.21. The summed E-state index contributed by atoms with van der Waals surface area (Å²) in [4.78, 5) is 4.08. The zero-order chi connectivity index (χ0) is 13.8. The molecule has 0 aliphatic carbocycles. The lowest BCUT2D eigenvalue weighted by Gasteiger charge is -2.17. The van der Waals surface area contributed by atoms with Crippen LogP contribution in [0.2, 0.25) is 10.0 Å². The quantitative estimate of drug-likeness (QED) is 0.922. The van der Waals surface area contributed by atoms with Crippen molar-refractivity contribution in [2.45, 2.75) is 12.5 Å². The van der Waals surface area contributed by atoms with E-state index >= 15 is 0 Å². The molecule has 0 bridgehead atoms. The van der Waals surface area contributed by atoms with Crippen LogP contribution in [0, 0.1) is 5.82 Å². The summed E-state index contributed by atoms with van der Waals surface area (Å²) in [7, 11) is 1.75. The largest absolute Gasteiger partial charge is 0.311 e. The number of aromatic nitrogens is 1. The fourth-order valence-corrected chi connectivity index (χ4v) is 2.47. The maximum absolute atomic E-state index is 13.8. The van der Waals surface area contributed by atoms with Crippen LogP contribution in [0.3, 0.4) is 0 Å². The van der Waals surface area contributed by atoms with Gasteiger partial charge in [-0.1, -0.05) is 29.3 Å². The van der Waals surface area contributed by atoms with Gasteiger partial charge >= 0.3 is 0 Å². The SMILES string of the molecule is CNC(Cc1c(Cl)cccc1Cl)c1ncccc1F. The van der Waals surface area contributed by atoms with Gasteiger partial charge in [0.2, 0.25) is 0 Å². The van der Waals surface area contributed by atoms with Gasteiger partial charge in [0.05, 0.1) is 11.7 Å². The smallest absolute Gasteiger partial charge is 0.146 e. The number of nitrogens with zero attached hydrogens (tertiary/aromatic N) is 1. The Balaban J connectivity index is 2.32. The van der Waals surface area contributed by atoms with E-state index in [9.17, 15) is 4.39 Å². The Kier molecular flexibility index (Phi) is 4.75. The lowest BCUT2D eigenvalue weighted by molar-refractivity contribution is 0.517. The average Bonchev–Trinajstić information content (AvgIpc) is 2.40. The molecule has 0 fully saturated rings. The number of likely N-dealkylation sites (N-methyl/N-ethyl adjacent to an activating group) is 1. The maximum Gasteiger partial charge on any atom is 0.146 e. The van der Waals surface area contributed by atoms with Gasteiger partial charge in [-0.25, -0.2) is 4.39 Å². The Morgan fingerprint density at radius 1 is 1.21 bits per heavy atom. The summed E-state index contributed by atoms with van der Waals surface area (Å²) >= 11 is 12.3. The third-order valence-corrected chi connectivity index (χ3v) is 3.64. The van der Waals surface area contributed by atoms with Crippen molar-refractivity contribution in [3.63, 3.8) is 0 Å². The molecular formula is C14H13Cl2FN2. The summed E-state index contributed by atoms with van der Waals surface area (Å²) in [5.74, 6) is -0.343. The Hall–Kier alpha value is -1.16. The Morgan fingerprint density at radius 2 is 1.89 bits per heavy atom. The number of benzene rings is 1. The van der Waals surface area contributed by atoms with Crippen molar-refractivity contribution in [2.24, 2.45) is 0 Å². The van der Waals surface area contributed by atoms with Crippen LogP contribution in [0.25, 0.3) is 0 Å². The number of pyridine rings is 1. The molecule has 0 aliphatic rings. The van der Waals surface area contributed by atoms with E-state index in [1.54, 1.807) is 37.5 Å². The van der Waals surface area contributed by atoms with E-state index in [1.807, 2.05) is 0 Å². The van der Waals surface area contributed by atoms with Crippen molar-refractivity contribution in [3.8, 4) is 0 Å². The predicted octanol–water partition coefficient (Wildman–Crippen LogP) is 4.03. The third-order valence-electron chi connectivity index (χ3n) is 2.94. The van der Waals surface area contributed by atoms with Gasteiger partial charge < -0.3 is 5.32 Å². The summed E-state index contributed by atoms with van der Waals surface area (Å²) < 4.78 is 13.8. The first-order valence-electron chi connectivity index (χ1n) is 5.84. The van der Waals surface area contributed by atoms with E-state index in [4.69, 9.17) is 23.2 Å². The highest BCUT2D eigenvalue weighted by molar-refractivity contribution is 6.36. The molecule has 0 aliphatic heterocycles. The molecule has 5 heteroatoms. The van der Waals surface area contributed by atoms with Crippen molar-refractivity contribution in [1.82, 2.24) is 10.3 Å². The van der Waals surface area contributed by atoms with E-state index in [0.717, 1.165) is 5.56 Å². The summed E-state index contributed by atoms with van der Waals surface area (Å²) in [6.07, 6.45) is 2.04. The topological polar surface area (TPSA) is 24.9 Å². The molecule has 1 N–H and O–H groups in total. The minimum atomic E-state index is -0.343. The zero-order valence-electron chi connectivity index (χ0n) is 10.3. The molecule has 1 aromatic heterocycles. The van der Waals surface area contributed by atoms with E-state index in [0.29, 0.717) is 22.2 Å². The molecule has 0 saturated heterocycles. The van der Waals surface area contributed by atoms with Crippen LogP contribution in [0.5, 0.6) is 0 Å². The van der Waals surface area contributed by atoms with Gasteiger partial charge in [0.25, 0.3) is 0 Å². The lowest BCUT2D eigenvalue weighted by atomic mass is 10.0. The van der Waals surface area contributed by atoms with Gasteiger partial charge in [-0.3, -0.25) is 4.98 Å². The van der Waals surface area contributed by atoms with Crippen LogP contribution in [0.4, 0.5) is 4.39 Å². The number of nitrogens with one attached hydrogen (secondary N) is 1. The van der Waals surface area contributed by atoms with Crippen LogP contribution >= 0.6 is 23.2 Å². The van der Waals surface area contributed by atoms with E-state index < -0.39 is 0 Å². The van der Waals surface area contributed by atoms with Gasteiger partial charge in [-0.2, -0.15) is 0 Å². The Labute approximate surface area is 121 Å². The second-order valence-corrected chi connectivity index (χ2v) is 4.93. The van der Waals surface area contributed by atoms with Crippen molar-refractivity contribution < 1.29 is 4.39 Å². The van der Waals surface area contributed by atoms with Crippen LogP contribution in [-0.2, 0) is 6.42 Å². The van der Waals surface area contributed by atoms with Crippen LogP contribution < -0.4 is 5.32 Å². The maximum atomic E-state index is 13.8. The minimum absolute atomic E-state index is 0.279. The summed E-state index contributed by atoms with van der Waals surface area (Å²) in [5, 5.41) is 4.19. The molecule has 0 spiro atoms. The highest BCUT2D eigenvalue weighted by Gasteiger charge is 2.18. The normalized spacial score (nSPS) is 12.4. The van der Waals surface area contributed by atoms with Gasteiger partial charge in [0.1, 0.15) is 5.82 Å². The first kappa shape index (κ1) is 14.3. The highest BCUT2D eigenvalue weighted by Crippen LogP contribution is 2.29. The standard InChI is InChI=1S/C14H13Cl2FN2/c1-18-13(14-12(17)6-3-7-19-14)8-9-10(15)4-2-5-11(9)16/h2-7,13,18H,8H2,1H3. The predicted molar refractivity (Wildman–Crippen MR) is 76.2 cm³/mol. The Bertz CT molecular complexity index is 555. The van der Waals surface area contributed by atoms with Gasteiger partial charge in [0.15, 0.2) is 0 Å². The third kappa shape index (κ3) is 3.24. The minimum Gasteiger partial charge on any atom is -0.311 e. The molecule has 2 rings (SSSR count). The number of rotatable bonds is 4. The van der Waals surface area contributed by atoms with Gasteiger partial charge in [0, 0.05) is 16.2 Å². The first-order valence-corrected chi connectivity index (χ1v) is 6.59. The van der Waals surface area contributed by atoms with Crippen LogP contribution in [-0.4, -0.2) is 12.0 Å². The van der Waals surface area contributed by atoms with Crippen molar-refractivity contribution in [3.05, 3.63) is 63.6 Å². The average molecular weight is 299 g/mol.